The van der Waals surface area contributed by atoms with Gasteiger partial charge in [0.25, 0.3) is 0 Å². The Morgan fingerprint density at radius 2 is 1.33 bits per heavy atom. The fourth-order valence-corrected chi connectivity index (χ4v) is 7.61. The van der Waals surface area contributed by atoms with Crippen LogP contribution in [0.3, 0.4) is 0 Å². The molecule has 6 aromatic carbocycles. The highest BCUT2D eigenvalue weighted by Gasteiger charge is 2.37. The molecule has 1 aromatic heterocycles. The normalized spacial score (nSPS) is 14.4. The fraction of sp³-hybridized carbons (Fsp3) is 0.116. The second-order valence-electron chi connectivity index (χ2n) is 12.9. The van der Waals surface area contributed by atoms with Gasteiger partial charge < -0.3 is 9.32 Å². The van der Waals surface area contributed by atoms with Crippen LogP contribution in [0, 0.1) is 0 Å². The van der Waals surface area contributed by atoms with Gasteiger partial charge in [-0.25, -0.2) is 0 Å². The van der Waals surface area contributed by atoms with Crippen molar-refractivity contribution < 1.29 is 4.42 Å². The van der Waals surface area contributed by atoms with Crippen molar-refractivity contribution in [3.05, 3.63) is 156 Å². The van der Waals surface area contributed by atoms with Crippen molar-refractivity contribution in [2.45, 2.75) is 32.1 Å². The van der Waals surface area contributed by atoms with Gasteiger partial charge >= 0.3 is 0 Å². The first-order chi connectivity index (χ1) is 22.1. The van der Waals surface area contributed by atoms with Crippen LogP contribution in [-0.4, -0.2) is 0 Å². The highest BCUT2D eigenvalue weighted by molar-refractivity contribution is 6.06. The third-order valence-corrected chi connectivity index (χ3v) is 9.93. The van der Waals surface area contributed by atoms with Crippen molar-refractivity contribution >= 4 is 45.1 Å². The van der Waals surface area contributed by atoms with E-state index in [-0.39, 0.29) is 5.41 Å². The van der Waals surface area contributed by atoms with Crippen molar-refractivity contribution in [1.82, 2.24) is 0 Å². The number of aryl methyl sites for hydroxylation is 1. The first kappa shape index (κ1) is 26.1. The monoisotopic (exact) mass is 579 g/mol. The van der Waals surface area contributed by atoms with Gasteiger partial charge in [0.05, 0.1) is 0 Å². The van der Waals surface area contributed by atoms with Gasteiger partial charge in [-0.1, -0.05) is 98.8 Å². The molecule has 0 N–H and O–H groups in total. The highest BCUT2D eigenvalue weighted by atomic mass is 16.3. The van der Waals surface area contributed by atoms with E-state index in [0.717, 1.165) is 51.8 Å². The van der Waals surface area contributed by atoms with Crippen molar-refractivity contribution in [1.29, 1.82) is 0 Å². The van der Waals surface area contributed by atoms with Crippen LogP contribution in [-0.2, 0) is 11.8 Å². The zero-order valence-corrected chi connectivity index (χ0v) is 25.5. The molecule has 0 unspecified atom stereocenters. The molecule has 216 valence electrons. The molecular formula is C43H33NO. The number of para-hydroxylation sites is 2. The van der Waals surface area contributed by atoms with Crippen LogP contribution in [0.15, 0.2) is 138 Å². The lowest BCUT2D eigenvalue weighted by molar-refractivity contribution is 0.660. The number of hydrogen-bond donors (Lipinski definition) is 0. The van der Waals surface area contributed by atoms with Crippen LogP contribution in [0.25, 0.3) is 50.3 Å². The van der Waals surface area contributed by atoms with Crippen LogP contribution in [0.2, 0.25) is 0 Å². The minimum Gasteiger partial charge on any atom is -0.456 e. The van der Waals surface area contributed by atoms with Crippen LogP contribution < -0.4 is 4.90 Å². The van der Waals surface area contributed by atoms with E-state index in [1.54, 1.807) is 0 Å². The molecule has 0 aliphatic heterocycles. The molecule has 2 nitrogen and oxygen atoms in total. The predicted molar refractivity (Wildman–Crippen MR) is 189 cm³/mol. The highest BCUT2D eigenvalue weighted by Crippen LogP contribution is 2.52. The number of hydrogen-bond acceptors (Lipinski definition) is 2. The molecule has 0 amide bonds. The molecule has 2 aliphatic carbocycles. The molecule has 0 saturated carbocycles. The van der Waals surface area contributed by atoms with Crippen LogP contribution in [0.4, 0.5) is 17.1 Å². The van der Waals surface area contributed by atoms with Gasteiger partial charge in [-0.05, 0) is 106 Å². The maximum absolute atomic E-state index is 6.27. The largest absolute Gasteiger partial charge is 0.456 e. The maximum Gasteiger partial charge on any atom is 0.137 e. The number of nitrogens with zero attached hydrogens (tertiary/aromatic N) is 1. The van der Waals surface area contributed by atoms with Crippen molar-refractivity contribution in [3.8, 4) is 22.3 Å². The van der Waals surface area contributed by atoms with Gasteiger partial charge in [-0.3, -0.25) is 0 Å². The Kier molecular flexibility index (Phi) is 5.70. The minimum atomic E-state index is -0.0413. The molecule has 1 heterocycles. The topological polar surface area (TPSA) is 16.4 Å². The Morgan fingerprint density at radius 1 is 0.600 bits per heavy atom. The SMILES string of the molecule is CC1(C)c2cc(-c3ccc(N(c4ccccc4)c4ccc5c(c4)oc4ccccc45)cc3)ccc2-c2c1ccc1c2C=CCC1. The lowest BCUT2D eigenvalue weighted by Crippen LogP contribution is -2.15. The maximum atomic E-state index is 6.27. The summed E-state index contributed by atoms with van der Waals surface area (Å²) in [5.74, 6) is 0. The molecule has 0 fully saturated rings. The number of benzene rings is 6. The van der Waals surface area contributed by atoms with Crippen molar-refractivity contribution in [2.24, 2.45) is 0 Å². The van der Waals surface area contributed by atoms with Gasteiger partial charge in [0, 0.05) is 39.3 Å². The number of anilines is 3. The molecule has 45 heavy (non-hydrogen) atoms. The Balaban J connectivity index is 1.11. The third kappa shape index (κ3) is 4.02. The van der Waals surface area contributed by atoms with Crippen LogP contribution in [0.1, 0.15) is 42.5 Å². The van der Waals surface area contributed by atoms with Crippen LogP contribution in [0.5, 0.6) is 0 Å². The molecule has 7 aromatic rings. The summed E-state index contributed by atoms with van der Waals surface area (Å²) in [6.07, 6.45) is 6.94. The van der Waals surface area contributed by atoms with E-state index < -0.39 is 0 Å². The van der Waals surface area contributed by atoms with Gasteiger partial charge in [0.2, 0.25) is 0 Å². The number of allylic oxidation sites excluding steroid dienone is 1. The summed E-state index contributed by atoms with van der Waals surface area (Å²) in [5, 5.41) is 2.28. The van der Waals surface area contributed by atoms with E-state index in [0.29, 0.717) is 0 Å². The summed E-state index contributed by atoms with van der Waals surface area (Å²) in [6, 6.07) is 46.1. The molecule has 9 rings (SSSR count). The van der Waals surface area contributed by atoms with E-state index in [9.17, 15) is 0 Å². The zero-order valence-electron chi connectivity index (χ0n) is 25.5. The average Bonchev–Trinajstić information content (AvgIpc) is 3.57. The Morgan fingerprint density at radius 3 is 2.20 bits per heavy atom. The molecule has 2 aliphatic rings. The van der Waals surface area contributed by atoms with Gasteiger partial charge in [-0.15, -0.1) is 0 Å². The molecule has 0 saturated heterocycles. The number of furan rings is 1. The Hall–Kier alpha value is -5.34. The fourth-order valence-electron chi connectivity index (χ4n) is 7.61. The lowest BCUT2D eigenvalue weighted by Gasteiger charge is -2.25. The van der Waals surface area contributed by atoms with Gasteiger partial charge in [0.15, 0.2) is 0 Å². The molecule has 0 atom stereocenters. The summed E-state index contributed by atoms with van der Waals surface area (Å²) >= 11 is 0. The average molecular weight is 580 g/mol. The number of rotatable bonds is 4. The molecule has 2 heteroatoms. The summed E-state index contributed by atoms with van der Waals surface area (Å²) < 4.78 is 6.27. The molecule has 0 spiro atoms. The summed E-state index contributed by atoms with van der Waals surface area (Å²) in [7, 11) is 0. The van der Waals surface area contributed by atoms with E-state index in [1.807, 2.05) is 12.1 Å². The summed E-state index contributed by atoms with van der Waals surface area (Å²) in [4.78, 5) is 2.30. The predicted octanol–water partition coefficient (Wildman–Crippen LogP) is 12.0. The Labute approximate surface area is 263 Å². The minimum absolute atomic E-state index is 0.0413. The van der Waals surface area contributed by atoms with E-state index >= 15 is 0 Å². The molecular weight excluding hydrogens is 546 g/mol. The smallest absolute Gasteiger partial charge is 0.137 e. The summed E-state index contributed by atoms with van der Waals surface area (Å²) in [6.45, 7) is 4.75. The second kappa shape index (κ2) is 9.84. The molecule has 0 radical (unpaired) electrons. The number of fused-ring (bicyclic) bond motifs is 8. The standard InChI is InChI=1S/C43H33NO/c1-43(2)38-25-19-29-10-6-7-13-34(29)42(38)37-23-18-30(26-39(37)43)28-16-20-32(21-17-28)44(31-11-4-3-5-12-31)33-22-24-36-35-14-8-9-15-40(35)45-41(36)27-33/h3-5,7-9,11-27H,6,10H2,1-2H3. The van der Waals surface area contributed by atoms with Gasteiger partial charge in [0.1, 0.15) is 11.2 Å². The summed E-state index contributed by atoms with van der Waals surface area (Å²) in [5.41, 5.74) is 16.1. The zero-order chi connectivity index (χ0) is 30.1. The van der Waals surface area contributed by atoms with E-state index in [1.165, 1.54) is 44.5 Å². The molecule has 0 bridgehead atoms. The van der Waals surface area contributed by atoms with Crippen molar-refractivity contribution in [3.63, 3.8) is 0 Å². The third-order valence-electron chi connectivity index (χ3n) is 9.93. The van der Waals surface area contributed by atoms with Crippen LogP contribution >= 0.6 is 0 Å². The quantitative estimate of drug-likeness (QED) is 0.206. The van der Waals surface area contributed by atoms with E-state index in [4.69, 9.17) is 4.42 Å². The first-order valence-electron chi connectivity index (χ1n) is 15.9. The second-order valence-corrected chi connectivity index (χ2v) is 12.9. The Bertz CT molecular complexity index is 2290. The van der Waals surface area contributed by atoms with Gasteiger partial charge in [-0.2, -0.15) is 0 Å². The van der Waals surface area contributed by atoms with E-state index in [2.05, 4.69) is 146 Å². The van der Waals surface area contributed by atoms with Crippen molar-refractivity contribution in [2.75, 3.05) is 4.90 Å². The first-order valence-corrected chi connectivity index (χ1v) is 15.9. The lowest BCUT2D eigenvalue weighted by atomic mass is 9.80.